The van der Waals surface area contributed by atoms with E-state index in [1.165, 1.54) is 17.3 Å². The Kier molecular flexibility index (Phi) is 5.58. The quantitative estimate of drug-likeness (QED) is 0.429. The van der Waals surface area contributed by atoms with E-state index in [0.29, 0.717) is 10.9 Å². The third-order valence-corrected chi connectivity index (χ3v) is 6.53. The Labute approximate surface area is 186 Å². The molecule has 0 fully saturated rings. The summed E-state index contributed by atoms with van der Waals surface area (Å²) in [5.41, 5.74) is 4.91. The van der Waals surface area contributed by atoms with Crippen LogP contribution in [0, 0.1) is 6.92 Å². The number of methoxy groups -OCH3 is 1. The monoisotopic (exact) mass is 435 g/mol. The fraction of sp³-hybridized carbons (Fsp3) is 0.304. The number of aromatic nitrogens is 4. The molecule has 2 aromatic carbocycles. The molecule has 0 saturated heterocycles. The van der Waals surface area contributed by atoms with Crippen LogP contribution in [0.3, 0.4) is 0 Å². The van der Waals surface area contributed by atoms with E-state index in [1.807, 2.05) is 44.3 Å². The van der Waals surface area contributed by atoms with Gasteiger partial charge in [0, 0.05) is 29.9 Å². The van der Waals surface area contributed by atoms with Gasteiger partial charge in [-0.1, -0.05) is 49.9 Å². The van der Waals surface area contributed by atoms with Crippen LogP contribution in [0.15, 0.2) is 59.4 Å². The van der Waals surface area contributed by atoms with Crippen LogP contribution in [-0.2, 0) is 10.2 Å². The van der Waals surface area contributed by atoms with Gasteiger partial charge in [0.2, 0.25) is 5.16 Å². The Morgan fingerprint density at radius 1 is 1.19 bits per heavy atom. The Morgan fingerprint density at radius 3 is 2.71 bits per heavy atom. The number of likely N-dealkylation sites (N-methyl/N-ethyl adjacent to an activating group) is 1. The van der Waals surface area contributed by atoms with Crippen molar-refractivity contribution in [3.8, 4) is 11.4 Å². The normalized spacial score (nSPS) is 15.9. The molecule has 8 heteroatoms. The molecule has 0 unspecified atom stereocenters. The molecule has 0 amide bonds. The lowest BCUT2D eigenvalue weighted by Gasteiger charge is -2.23. The number of fused-ring (bicyclic) bond motifs is 1. The van der Waals surface area contributed by atoms with Gasteiger partial charge in [-0.2, -0.15) is 4.68 Å². The van der Waals surface area contributed by atoms with Gasteiger partial charge in [-0.15, -0.1) is 5.10 Å². The number of benzene rings is 2. The zero-order chi connectivity index (χ0) is 22.2. The van der Waals surface area contributed by atoms with Gasteiger partial charge in [0.05, 0.1) is 12.9 Å². The second-order valence-electron chi connectivity index (χ2n) is 8.03. The molecule has 0 saturated carbocycles. The van der Waals surface area contributed by atoms with Gasteiger partial charge in [0.15, 0.2) is 5.78 Å². The second-order valence-corrected chi connectivity index (χ2v) is 8.98. The molecule has 0 radical (unpaired) electrons. The zero-order valence-electron chi connectivity index (χ0n) is 18.3. The van der Waals surface area contributed by atoms with Crippen LogP contribution in [0.25, 0.3) is 5.69 Å². The number of rotatable bonds is 6. The molecule has 0 aliphatic carbocycles. The van der Waals surface area contributed by atoms with Gasteiger partial charge in [-0.3, -0.25) is 4.79 Å². The maximum Gasteiger partial charge on any atom is 0.214 e. The molecule has 160 valence electrons. The first kappa shape index (κ1) is 21.1. The molecule has 3 aromatic rings. The van der Waals surface area contributed by atoms with E-state index in [0.717, 1.165) is 22.6 Å². The number of allylic oxidation sites excluding steroid dienone is 2. The summed E-state index contributed by atoms with van der Waals surface area (Å²) in [5, 5.41) is 12.5. The molecule has 7 nitrogen and oxygen atoms in total. The molecule has 0 N–H and O–H groups in total. The maximum absolute atomic E-state index is 12.9. The summed E-state index contributed by atoms with van der Waals surface area (Å²) >= 11 is 1.31. The van der Waals surface area contributed by atoms with Crippen LogP contribution in [0.5, 0.6) is 5.75 Å². The molecule has 1 aromatic heterocycles. The van der Waals surface area contributed by atoms with Crippen molar-refractivity contribution in [1.29, 1.82) is 0 Å². The first-order valence-corrected chi connectivity index (χ1v) is 11.0. The van der Waals surface area contributed by atoms with Crippen LogP contribution in [-0.4, -0.2) is 45.9 Å². The smallest absolute Gasteiger partial charge is 0.214 e. The Hall–Kier alpha value is -3.13. The average molecular weight is 436 g/mol. The standard InChI is InChI=1S/C23H25N5O2S/c1-15-10-11-20(30-5)19(12-15)28-22(24-25-26-28)31-14-16(29)13-21-23(2,3)17-8-6-7-9-18(17)27(21)4/h6-13H,14H2,1-5H3/b21-13+. The van der Waals surface area contributed by atoms with Crippen LogP contribution < -0.4 is 9.64 Å². The number of carbonyl (C=O) groups excluding carboxylic acids is 1. The number of ether oxygens (including phenoxy) is 1. The van der Waals surface area contributed by atoms with E-state index in [4.69, 9.17) is 4.74 Å². The summed E-state index contributed by atoms with van der Waals surface area (Å²) < 4.78 is 7.06. The topological polar surface area (TPSA) is 73.1 Å². The highest BCUT2D eigenvalue weighted by Crippen LogP contribution is 2.46. The molecule has 1 aliphatic heterocycles. The minimum Gasteiger partial charge on any atom is -0.494 e. The number of nitrogens with zero attached hydrogens (tertiary/aromatic N) is 5. The van der Waals surface area contributed by atoms with Crippen molar-refractivity contribution in [3.63, 3.8) is 0 Å². The largest absolute Gasteiger partial charge is 0.494 e. The van der Waals surface area contributed by atoms with Crippen LogP contribution in [0.2, 0.25) is 0 Å². The maximum atomic E-state index is 12.9. The van der Waals surface area contributed by atoms with Crippen molar-refractivity contribution in [2.75, 3.05) is 24.8 Å². The lowest BCUT2D eigenvalue weighted by molar-refractivity contribution is -0.112. The molecule has 1 aliphatic rings. The number of ketones is 1. The van der Waals surface area contributed by atoms with E-state index >= 15 is 0 Å². The number of carbonyl (C=O) groups is 1. The van der Waals surface area contributed by atoms with Crippen molar-refractivity contribution in [3.05, 3.63) is 65.4 Å². The van der Waals surface area contributed by atoms with Gasteiger partial charge in [0.25, 0.3) is 0 Å². The van der Waals surface area contributed by atoms with Crippen molar-refractivity contribution in [2.24, 2.45) is 0 Å². The van der Waals surface area contributed by atoms with Crippen LogP contribution in [0.4, 0.5) is 5.69 Å². The third kappa shape index (κ3) is 3.83. The number of tetrazole rings is 1. The van der Waals surface area contributed by atoms with E-state index in [-0.39, 0.29) is 17.0 Å². The molecule has 2 heterocycles. The SMILES string of the molecule is COc1ccc(C)cc1-n1nnnc1SCC(=O)/C=C1/N(C)c2ccccc2C1(C)C. The number of para-hydroxylation sites is 1. The fourth-order valence-corrected chi connectivity index (χ4v) is 4.68. The summed E-state index contributed by atoms with van der Waals surface area (Å²) in [6.07, 6.45) is 1.74. The highest BCUT2D eigenvalue weighted by molar-refractivity contribution is 7.99. The Morgan fingerprint density at radius 2 is 1.97 bits per heavy atom. The molecule has 31 heavy (non-hydrogen) atoms. The number of anilines is 1. The summed E-state index contributed by atoms with van der Waals surface area (Å²) in [4.78, 5) is 15.0. The van der Waals surface area contributed by atoms with E-state index < -0.39 is 0 Å². The summed E-state index contributed by atoms with van der Waals surface area (Å²) in [6, 6.07) is 14.1. The first-order chi connectivity index (χ1) is 14.8. The lowest BCUT2D eigenvalue weighted by atomic mass is 9.83. The number of aryl methyl sites for hydroxylation is 1. The predicted molar refractivity (Wildman–Crippen MR) is 122 cm³/mol. The van der Waals surface area contributed by atoms with Crippen LogP contribution >= 0.6 is 11.8 Å². The number of thioether (sulfide) groups is 1. The van der Waals surface area contributed by atoms with Crippen molar-refractivity contribution >= 4 is 23.2 Å². The molecule has 4 rings (SSSR count). The van der Waals surface area contributed by atoms with E-state index in [1.54, 1.807) is 17.9 Å². The molecular formula is C23H25N5O2S. The third-order valence-electron chi connectivity index (χ3n) is 5.59. The fourth-order valence-electron chi connectivity index (χ4n) is 3.97. The molecule has 0 bridgehead atoms. The summed E-state index contributed by atoms with van der Waals surface area (Å²) in [7, 11) is 3.61. The lowest BCUT2D eigenvalue weighted by Crippen LogP contribution is -2.24. The predicted octanol–water partition coefficient (Wildman–Crippen LogP) is 3.95. The van der Waals surface area contributed by atoms with Crippen molar-refractivity contribution in [1.82, 2.24) is 20.2 Å². The average Bonchev–Trinajstić information content (AvgIpc) is 3.30. The van der Waals surface area contributed by atoms with Crippen molar-refractivity contribution in [2.45, 2.75) is 31.3 Å². The van der Waals surface area contributed by atoms with Gasteiger partial charge in [-0.05, 0) is 46.7 Å². The highest BCUT2D eigenvalue weighted by atomic mass is 32.2. The second kappa shape index (κ2) is 8.19. The number of hydrogen-bond donors (Lipinski definition) is 0. The molecule has 0 spiro atoms. The minimum atomic E-state index is -0.234. The van der Waals surface area contributed by atoms with Gasteiger partial charge < -0.3 is 9.64 Å². The Balaban J connectivity index is 1.54. The molecule has 0 atom stereocenters. The first-order valence-electron chi connectivity index (χ1n) is 9.97. The van der Waals surface area contributed by atoms with Gasteiger partial charge in [-0.25, -0.2) is 0 Å². The van der Waals surface area contributed by atoms with Gasteiger partial charge in [0.1, 0.15) is 11.4 Å². The number of hydrogen-bond acceptors (Lipinski definition) is 7. The minimum absolute atomic E-state index is 0.0125. The Bertz CT molecular complexity index is 1170. The molecular weight excluding hydrogens is 410 g/mol. The van der Waals surface area contributed by atoms with Gasteiger partial charge >= 0.3 is 0 Å². The van der Waals surface area contributed by atoms with Crippen LogP contribution in [0.1, 0.15) is 25.0 Å². The van der Waals surface area contributed by atoms with Crippen molar-refractivity contribution < 1.29 is 9.53 Å². The van der Waals surface area contributed by atoms with E-state index in [9.17, 15) is 4.79 Å². The summed E-state index contributed by atoms with van der Waals surface area (Å²) in [5.74, 6) is 0.914. The highest BCUT2D eigenvalue weighted by Gasteiger charge is 2.38. The summed E-state index contributed by atoms with van der Waals surface area (Å²) in [6.45, 7) is 6.28. The van der Waals surface area contributed by atoms with E-state index in [2.05, 4.69) is 46.4 Å². The zero-order valence-corrected chi connectivity index (χ0v) is 19.1.